The molecular weight excluding hydrogens is 275 g/mol. The molecule has 0 aliphatic rings. The van der Waals surface area contributed by atoms with Gasteiger partial charge >= 0.3 is 6.18 Å². The van der Waals surface area contributed by atoms with Crippen LogP contribution in [0.4, 0.5) is 30.4 Å². The summed E-state index contributed by atoms with van der Waals surface area (Å²) in [5.74, 6) is 0.467. The van der Waals surface area contributed by atoms with Crippen LogP contribution in [0.3, 0.4) is 0 Å². The SMILES string of the molecule is COc1nn(C)cc1Nc1cc(N)c(C(F)(F)F)cn1. The van der Waals surface area contributed by atoms with Gasteiger partial charge in [-0.25, -0.2) is 4.98 Å². The summed E-state index contributed by atoms with van der Waals surface area (Å²) in [6.45, 7) is 0. The van der Waals surface area contributed by atoms with Gasteiger partial charge in [-0.3, -0.25) is 4.68 Å². The first-order valence-corrected chi connectivity index (χ1v) is 5.48. The zero-order chi connectivity index (χ0) is 14.9. The molecule has 0 spiro atoms. The Bertz CT molecular complexity index is 623. The van der Waals surface area contributed by atoms with E-state index >= 15 is 0 Å². The first-order chi connectivity index (χ1) is 9.31. The number of halogens is 3. The fraction of sp³-hybridized carbons (Fsp3) is 0.273. The van der Waals surface area contributed by atoms with Gasteiger partial charge in [-0.05, 0) is 0 Å². The summed E-state index contributed by atoms with van der Waals surface area (Å²) in [7, 11) is 3.12. The fourth-order valence-corrected chi connectivity index (χ4v) is 1.62. The minimum absolute atomic E-state index is 0.168. The molecule has 20 heavy (non-hydrogen) atoms. The first-order valence-electron chi connectivity index (χ1n) is 5.48. The molecule has 2 aromatic rings. The highest BCUT2D eigenvalue weighted by Crippen LogP contribution is 2.34. The molecule has 2 heterocycles. The van der Waals surface area contributed by atoms with Crippen molar-refractivity contribution in [3.8, 4) is 5.88 Å². The van der Waals surface area contributed by atoms with E-state index < -0.39 is 17.4 Å². The molecule has 9 heteroatoms. The lowest BCUT2D eigenvalue weighted by atomic mass is 10.2. The topological polar surface area (TPSA) is 78.0 Å². The number of methoxy groups -OCH3 is 1. The van der Waals surface area contributed by atoms with Gasteiger partial charge < -0.3 is 15.8 Å². The third-order valence-electron chi connectivity index (χ3n) is 2.49. The third-order valence-corrected chi connectivity index (χ3v) is 2.49. The summed E-state index contributed by atoms with van der Waals surface area (Å²) >= 11 is 0. The number of nitrogens with one attached hydrogen (secondary N) is 1. The van der Waals surface area contributed by atoms with Gasteiger partial charge in [0.05, 0.1) is 18.9 Å². The first kappa shape index (κ1) is 14.0. The maximum atomic E-state index is 12.6. The molecule has 6 nitrogen and oxygen atoms in total. The molecule has 0 radical (unpaired) electrons. The number of rotatable bonds is 3. The Morgan fingerprint density at radius 2 is 2.10 bits per heavy atom. The summed E-state index contributed by atoms with van der Waals surface area (Å²) < 4.78 is 44.2. The molecular formula is C11H12F3N5O. The monoisotopic (exact) mass is 287 g/mol. The Morgan fingerprint density at radius 3 is 2.65 bits per heavy atom. The average Bonchev–Trinajstić information content (AvgIpc) is 2.67. The number of nitrogen functional groups attached to an aromatic ring is 1. The number of aryl methyl sites for hydroxylation is 1. The minimum Gasteiger partial charge on any atom is -0.478 e. The second kappa shape index (κ2) is 4.91. The molecule has 2 rings (SSSR count). The Morgan fingerprint density at radius 1 is 1.40 bits per heavy atom. The van der Waals surface area contributed by atoms with E-state index in [0.717, 1.165) is 6.07 Å². The number of hydrogen-bond donors (Lipinski definition) is 2. The Balaban J connectivity index is 2.29. The van der Waals surface area contributed by atoms with Crippen LogP contribution in [0.5, 0.6) is 5.88 Å². The normalized spacial score (nSPS) is 11.4. The van der Waals surface area contributed by atoms with E-state index in [1.807, 2.05) is 0 Å². The summed E-state index contributed by atoms with van der Waals surface area (Å²) in [4.78, 5) is 3.68. The predicted octanol–water partition coefficient (Wildman–Crippen LogP) is 2.17. The summed E-state index contributed by atoms with van der Waals surface area (Å²) in [5.41, 5.74) is 4.48. The number of hydrogen-bond acceptors (Lipinski definition) is 5. The largest absolute Gasteiger partial charge is 0.478 e. The van der Waals surface area contributed by atoms with Crippen LogP contribution in [0.15, 0.2) is 18.5 Å². The minimum atomic E-state index is -4.53. The van der Waals surface area contributed by atoms with Gasteiger partial charge in [0.1, 0.15) is 11.5 Å². The Kier molecular flexibility index (Phi) is 3.43. The molecule has 0 saturated heterocycles. The molecule has 0 unspecified atom stereocenters. The zero-order valence-electron chi connectivity index (χ0n) is 10.7. The fourth-order valence-electron chi connectivity index (χ4n) is 1.62. The molecule has 0 amide bonds. The van der Waals surface area contributed by atoms with Crippen LogP contribution < -0.4 is 15.8 Å². The van der Waals surface area contributed by atoms with Crippen LogP contribution in [-0.2, 0) is 13.2 Å². The van der Waals surface area contributed by atoms with Crippen LogP contribution in [0, 0.1) is 0 Å². The van der Waals surface area contributed by atoms with Gasteiger partial charge in [0.25, 0.3) is 5.88 Å². The van der Waals surface area contributed by atoms with Gasteiger partial charge in [0.15, 0.2) is 0 Å². The zero-order valence-corrected chi connectivity index (χ0v) is 10.7. The predicted molar refractivity (Wildman–Crippen MR) is 66.7 cm³/mol. The number of aromatic nitrogens is 3. The lowest BCUT2D eigenvalue weighted by molar-refractivity contribution is -0.137. The quantitative estimate of drug-likeness (QED) is 0.904. The summed E-state index contributed by atoms with van der Waals surface area (Å²) in [6.07, 6.45) is -2.24. The summed E-state index contributed by atoms with van der Waals surface area (Å²) in [5, 5.41) is 6.79. The standard InChI is InChI=1S/C11H12F3N5O/c1-19-5-8(10(18-19)20-2)17-9-3-7(15)6(4-16-9)11(12,13)14/h3-5H,1-2H3,(H3,15,16,17). The van der Waals surface area contributed by atoms with E-state index in [1.165, 1.54) is 11.8 Å². The highest BCUT2D eigenvalue weighted by Gasteiger charge is 2.33. The average molecular weight is 287 g/mol. The lowest BCUT2D eigenvalue weighted by Gasteiger charge is -2.11. The van der Waals surface area contributed by atoms with Crippen molar-refractivity contribution in [3.63, 3.8) is 0 Å². The van der Waals surface area contributed by atoms with E-state index in [4.69, 9.17) is 10.5 Å². The molecule has 0 atom stereocenters. The highest BCUT2D eigenvalue weighted by molar-refractivity contribution is 5.64. The number of anilines is 3. The molecule has 3 N–H and O–H groups in total. The van der Waals surface area contributed by atoms with Crippen LogP contribution >= 0.6 is 0 Å². The van der Waals surface area contributed by atoms with Crippen molar-refractivity contribution in [1.29, 1.82) is 0 Å². The second-order valence-corrected chi connectivity index (χ2v) is 4.01. The number of nitrogens with two attached hydrogens (primary N) is 1. The van der Waals surface area contributed by atoms with E-state index in [2.05, 4.69) is 15.4 Å². The second-order valence-electron chi connectivity index (χ2n) is 4.01. The van der Waals surface area contributed by atoms with Crippen LogP contribution in [-0.4, -0.2) is 21.9 Å². The summed E-state index contributed by atoms with van der Waals surface area (Å²) in [6, 6.07) is 1.11. The van der Waals surface area contributed by atoms with Crippen molar-refractivity contribution in [2.45, 2.75) is 6.18 Å². The van der Waals surface area contributed by atoms with Crippen molar-refractivity contribution >= 4 is 17.2 Å². The van der Waals surface area contributed by atoms with Crippen molar-refractivity contribution in [2.75, 3.05) is 18.2 Å². The maximum Gasteiger partial charge on any atom is 0.419 e. The highest BCUT2D eigenvalue weighted by atomic mass is 19.4. The number of alkyl halides is 3. The van der Waals surface area contributed by atoms with E-state index in [0.29, 0.717) is 17.8 Å². The van der Waals surface area contributed by atoms with Crippen molar-refractivity contribution in [3.05, 3.63) is 24.0 Å². The molecule has 0 aromatic carbocycles. The lowest BCUT2D eigenvalue weighted by Crippen LogP contribution is -2.10. The van der Waals surface area contributed by atoms with Gasteiger partial charge in [-0.1, -0.05) is 0 Å². The molecule has 108 valence electrons. The molecule has 0 bridgehead atoms. The van der Waals surface area contributed by atoms with Crippen LogP contribution in [0.25, 0.3) is 0 Å². The van der Waals surface area contributed by atoms with Crippen LogP contribution in [0.1, 0.15) is 5.56 Å². The third kappa shape index (κ3) is 2.76. The van der Waals surface area contributed by atoms with Gasteiger partial charge in [0.2, 0.25) is 0 Å². The Labute approximate surface area is 112 Å². The van der Waals surface area contributed by atoms with E-state index in [-0.39, 0.29) is 5.82 Å². The molecule has 0 aliphatic carbocycles. The molecule has 0 aliphatic heterocycles. The van der Waals surface area contributed by atoms with E-state index in [1.54, 1.807) is 13.2 Å². The van der Waals surface area contributed by atoms with Gasteiger partial charge in [0, 0.05) is 25.0 Å². The van der Waals surface area contributed by atoms with Crippen LogP contribution in [0.2, 0.25) is 0 Å². The van der Waals surface area contributed by atoms with Gasteiger partial charge in [-0.15, -0.1) is 5.10 Å². The number of pyridine rings is 1. The molecule has 0 saturated carbocycles. The van der Waals surface area contributed by atoms with Crippen molar-refractivity contribution < 1.29 is 17.9 Å². The number of ether oxygens (including phenoxy) is 1. The molecule has 2 aromatic heterocycles. The maximum absolute atomic E-state index is 12.6. The Hall–Kier alpha value is -2.45. The van der Waals surface area contributed by atoms with E-state index in [9.17, 15) is 13.2 Å². The number of nitrogens with zero attached hydrogens (tertiary/aromatic N) is 3. The van der Waals surface area contributed by atoms with Crippen molar-refractivity contribution in [1.82, 2.24) is 14.8 Å². The van der Waals surface area contributed by atoms with Gasteiger partial charge in [-0.2, -0.15) is 13.2 Å². The van der Waals surface area contributed by atoms with Crippen molar-refractivity contribution in [2.24, 2.45) is 7.05 Å². The smallest absolute Gasteiger partial charge is 0.419 e. The molecule has 0 fully saturated rings.